The van der Waals surface area contributed by atoms with Crippen LogP contribution in [0.25, 0.3) is 0 Å². The van der Waals surface area contributed by atoms with Crippen LogP contribution < -0.4 is 10.6 Å². The molecule has 0 aliphatic carbocycles. The van der Waals surface area contributed by atoms with Crippen LogP contribution in [-0.4, -0.2) is 41.9 Å². The first-order valence-electron chi connectivity index (χ1n) is 5.57. The SMILES string of the molecule is CC(=O)C(NC(=O)CNCCC(=O)O)C(C)C. The zero-order chi connectivity index (χ0) is 13.4. The highest BCUT2D eigenvalue weighted by Gasteiger charge is 2.19. The average molecular weight is 244 g/mol. The molecule has 0 spiro atoms. The largest absolute Gasteiger partial charge is 0.481 e. The number of Topliss-reactive ketones (excluding diaryl/α,β-unsaturated/α-hetero) is 1. The summed E-state index contributed by atoms with van der Waals surface area (Å²) < 4.78 is 0. The predicted octanol–water partition coefficient (Wildman–Crippen LogP) is -0.219. The van der Waals surface area contributed by atoms with Gasteiger partial charge in [-0.2, -0.15) is 0 Å². The van der Waals surface area contributed by atoms with Crippen molar-refractivity contribution in [2.75, 3.05) is 13.1 Å². The van der Waals surface area contributed by atoms with Gasteiger partial charge in [-0.3, -0.25) is 14.4 Å². The fourth-order valence-electron chi connectivity index (χ4n) is 1.36. The van der Waals surface area contributed by atoms with Crippen molar-refractivity contribution in [3.8, 4) is 0 Å². The van der Waals surface area contributed by atoms with Crippen LogP contribution in [0.5, 0.6) is 0 Å². The first-order chi connectivity index (χ1) is 7.84. The molecular formula is C11H20N2O4. The van der Waals surface area contributed by atoms with Crippen LogP contribution in [0.15, 0.2) is 0 Å². The van der Waals surface area contributed by atoms with Crippen LogP contribution in [0, 0.1) is 5.92 Å². The van der Waals surface area contributed by atoms with Gasteiger partial charge in [-0.05, 0) is 12.8 Å². The molecule has 0 rings (SSSR count). The number of nitrogens with one attached hydrogen (secondary N) is 2. The van der Waals surface area contributed by atoms with Gasteiger partial charge in [0.2, 0.25) is 5.91 Å². The van der Waals surface area contributed by atoms with Crippen molar-refractivity contribution in [3.63, 3.8) is 0 Å². The van der Waals surface area contributed by atoms with E-state index in [1.165, 1.54) is 6.92 Å². The Morgan fingerprint density at radius 2 is 1.82 bits per heavy atom. The molecule has 0 saturated heterocycles. The molecule has 6 heteroatoms. The van der Waals surface area contributed by atoms with E-state index >= 15 is 0 Å². The van der Waals surface area contributed by atoms with Crippen molar-refractivity contribution in [2.45, 2.75) is 33.2 Å². The number of carbonyl (C=O) groups excluding carboxylic acids is 2. The summed E-state index contributed by atoms with van der Waals surface area (Å²) in [6.45, 7) is 5.39. The van der Waals surface area contributed by atoms with Gasteiger partial charge in [-0.25, -0.2) is 0 Å². The Balaban J connectivity index is 3.91. The zero-order valence-corrected chi connectivity index (χ0v) is 10.4. The minimum Gasteiger partial charge on any atom is -0.481 e. The Morgan fingerprint density at radius 3 is 2.24 bits per heavy atom. The summed E-state index contributed by atoms with van der Waals surface area (Å²) >= 11 is 0. The van der Waals surface area contributed by atoms with Gasteiger partial charge in [0.05, 0.1) is 19.0 Å². The first-order valence-corrected chi connectivity index (χ1v) is 5.57. The number of carboxylic acid groups (broad SMARTS) is 1. The van der Waals surface area contributed by atoms with Gasteiger partial charge in [0.15, 0.2) is 5.78 Å². The lowest BCUT2D eigenvalue weighted by molar-refractivity contribution is -0.137. The molecular weight excluding hydrogens is 224 g/mol. The molecule has 0 aliphatic heterocycles. The molecule has 3 N–H and O–H groups in total. The third-order valence-corrected chi connectivity index (χ3v) is 2.22. The Morgan fingerprint density at radius 1 is 1.24 bits per heavy atom. The molecule has 1 atom stereocenters. The van der Waals surface area contributed by atoms with Crippen molar-refractivity contribution < 1.29 is 19.5 Å². The normalized spacial score (nSPS) is 12.2. The highest BCUT2D eigenvalue weighted by atomic mass is 16.4. The molecule has 0 radical (unpaired) electrons. The molecule has 1 amide bonds. The number of ketones is 1. The molecule has 0 saturated carbocycles. The molecule has 0 aromatic carbocycles. The van der Waals surface area contributed by atoms with Gasteiger partial charge < -0.3 is 15.7 Å². The van der Waals surface area contributed by atoms with Gasteiger partial charge in [0, 0.05) is 6.54 Å². The van der Waals surface area contributed by atoms with Crippen LogP contribution in [0.4, 0.5) is 0 Å². The molecule has 0 bridgehead atoms. The van der Waals surface area contributed by atoms with Crippen molar-refractivity contribution in [1.29, 1.82) is 0 Å². The Kier molecular flexibility index (Phi) is 7.13. The van der Waals surface area contributed by atoms with E-state index in [2.05, 4.69) is 10.6 Å². The van der Waals surface area contributed by atoms with Gasteiger partial charge in [0.25, 0.3) is 0 Å². The third kappa shape index (κ3) is 7.46. The molecule has 0 aromatic rings. The molecule has 0 heterocycles. The summed E-state index contributed by atoms with van der Waals surface area (Å²) in [6.07, 6.45) is -0.0341. The summed E-state index contributed by atoms with van der Waals surface area (Å²) in [5.41, 5.74) is 0. The highest BCUT2D eigenvalue weighted by Crippen LogP contribution is 2.02. The Labute approximate surface area is 101 Å². The van der Waals surface area contributed by atoms with E-state index in [1.54, 1.807) is 0 Å². The maximum atomic E-state index is 11.4. The summed E-state index contributed by atoms with van der Waals surface area (Å²) in [7, 11) is 0. The molecule has 0 aliphatic rings. The monoisotopic (exact) mass is 244 g/mol. The number of carbonyl (C=O) groups is 3. The van der Waals surface area contributed by atoms with Gasteiger partial charge in [0.1, 0.15) is 0 Å². The molecule has 0 aromatic heterocycles. The zero-order valence-electron chi connectivity index (χ0n) is 10.4. The molecule has 0 fully saturated rings. The predicted molar refractivity (Wildman–Crippen MR) is 62.6 cm³/mol. The minimum atomic E-state index is -0.915. The van der Waals surface area contributed by atoms with Gasteiger partial charge in [-0.15, -0.1) is 0 Å². The van der Waals surface area contributed by atoms with Crippen LogP contribution >= 0.6 is 0 Å². The minimum absolute atomic E-state index is 0.0176. The Bertz CT molecular complexity index is 289. The van der Waals surface area contributed by atoms with Crippen LogP contribution in [0.3, 0.4) is 0 Å². The first kappa shape index (κ1) is 15.6. The molecule has 17 heavy (non-hydrogen) atoms. The van der Waals surface area contributed by atoms with Crippen LogP contribution in [0.1, 0.15) is 27.2 Å². The van der Waals surface area contributed by atoms with Crippen molar-refractivity contribution in [2.24, 2.45) is 5.92 Å². The molecule has 6 nitrogen and oxygen atoms in total. The van der Waals surface area contributed by atoms with Crippen molar-refractivity contribution in [1.82, 2.24) is 10.6 Å². The number of amides is 1. The smallest absolute Gasteiger partial charge is 0.304 e. The molecule has 98 valence electrons. The Hall–Kier alpha value is -1.43. The number of hydrogen-bond donors (Lipinski definition) is 3. The number of hydrogen-bond acceptors (Lipinski definition) is 4. The second-order valence-electron chi connectivity index (χ2n) is 4.22. The van der Waals surface area contributed by atoms with E-state index in [0.29, 0.717) is 0 Å². The van der Waals surface area contributed by atoms with E-state index in [4.69, 9.17) is 5.11 Å². The van der Waals surface area contributed by atoms with E-state index in [1.807, 2.05) is 13.8 Å². The number of carboxylic acids is 1. The van der Waals surface area contributed by atoms with E-state index in [0.717, 1.165) is 0 Å². The highest BCUT2D eigenvalue weighted by molar-refractivity contribution is 5.88. The maximum Gasteiger partial charge on any atom is 0.304 e. The topological polar surface area (TPSA) is 95.5 Å². The van der Waals surface area contributed by atoms with Crippen molar-refractivity contribution >= 4 is 17.7 Å². The lowest BCUT2D eigenvalue weighted by atomic mass is 10.0. The van der Waals surface area contributed by atoms with E-state index in [9.17, 15) is 14.4 Å². The van der Waals surface area contributed by atoms with Crippen LogP contribution in [-0.2, 0) is 14.4 Å². The van der Waals surface area contributed by atoms with Gasteiger partial charge >= 0.3 is 5.97 Å². The van der Waals surface area contributed by atoms with E-state index < -0.39 is 12.0 Å². The fraction of sp³-hybridized carbons (Fsp3) is 0.727. The average Bonchev–Trinajstić information content (AvgIpc) is 2.19. The summed E-state index contributed by atoms with van der Waals surface area (Å²) in [6, 6.07) is -0.483. The summed E-state index contributed by atoms with van der Waals surface area (Å²) in [4.78, 5) is 32.9. The lowest BCUT2D eigenvalue weighted by Gasteiger charge is -2.19. The maximum absolute atomic E-state index is 11.4. The summed E-state index contributed by atoms with van der Waals surface area (Å²) in [5, 5.41) is 13.7. The fourth-order valence-corrected chi connectivity index (χ4v) is 1.36. The molecule has 1 unspecified atom stereocenters. The second kappa shape index (κ2) is 7.78. The standard InChI is InChI=1S/C11H20N2O4/c1-7(2)11(8(3)14)13-9(15)6-12-5-4-10(16)17/h7,11-12H,4-6H2,1-3H3,(H,13,15)(H,16,17). The quantitative estimate of drug-likeness (QED) is 0.513. The number of rotatable bonds is 8. The summed E-state index contributed by atoms with van der Waals surface area (Å²) in [5.74, 6) is -1.26. The van der Waals surface area contributed by atoms with Crippen LogP contribution in [0.2, 0.25) is 0 Å². The second-order valence-corrected chi connectivity index (χ2v) is 4.22. The van der Waals surface area contributed by atoms with Gasteiger partial charge in [-0.1, -0.05) is 13.8 Å². The number of aliphatic carboxylic acids is 1. The lowest BCUT2D eigenvalue weighted by Crippen LogP contribution is -2.46. The third-order valence-electron chi connectivity index (χ3n) is 2.22. The van der Waals surface area contributed by atoms with E-state index in [-0.39, 0.29) is 37.1 Å². The van der Waals surface area contributed by atoms with Crippen molar-refractivity contribution in [3.05, 3.63) is 0 Å².